The maximum atomic E-state index is 2.47. The zero-order chi connectivity index (χ0) is 37.9. The van der Waals surface area contributed by atoms with E-state index in [0.717, 1.165) is 0 Å². The molecule has 13 rings (SSSR count). The van der Waals surface area contributed by atoms with Crippen LogP contribution in [-0.4, -0.2) is 9.13 Å². The van der Waals surface area contributed by atoms with Gasteiger partial charge in [0.15, 0.2) is 0 Å². The molecule has 4 heterocycles. The Bertz CT molecular complexity index is 3800. The van der Waals surface area contributed by atoms with Gasteiger partial charge in [0.1, 0.15) is 0 Å². The highest BCUT2D eigenvalue weighted by Crippen LogP contribution is 2.44. The molecule has 0 aliphatic rings. The number of hydrogen-bond acceptors (Lipinski definition) is 2. The van der Waals surface area contributed by atoms with Crippen LogP contribution in [0.25, 0.3) is 118 Å². The summed E-state index contributed by atoms with van der Waals surface area (Å²) in [6.45, 7) is 0. The van der Waals surface area contributed by atoms with Crippen molar-refractivity contribution in [2.45, 2.75) is 0 Å². The van der Waals surface area contributed by atoms with Gasteiger partial charge in [-0.1, -0.05) is 115 Å². The van der Waals surface area contributed by atoms with Gasteiger partial charge in [-0.25, -0.2) is 0 Å². The number of rotatable bonds is 4. The van der Waals surface area contributed by atoms with E-state index in [4.69, 9.17) is 0 Å². The fraction of sp³-hybridized carbons (Fsp3) is 0. The normalized spacial score (nSPS) is 12.1. The van der Waals surface area contributed by atoms with Crippen molar-refractivity contribution >= 4 is 107 Å². The second-order valence-corrected chi connectivity index (χ2v) is 17.4. The maximum absolute atomic E-state index is 2.47. The predicted octanol–water partition coefficient (Wildman–Crippen LogP) is 16.0. The van der Waals surface area contributed by atoms with Crippen LogP contribution in [0.5, 0.6) is 0 Å². The molecule has 0 saturated carbocycles. The van der Waals surface area contributed by atoms with Crippen LogP contribution < -0.4 is 0 Å². The summed E-state index contributed by atoms with van der Waals surface area (Å²) in [4.78, 5) is 0. The zero-order valence-corrected chi connectivity index (χ0v) is 32.8. The maximum Gasteiger partial charge on any atom is 0.0547 e. The number of fused-ring (bicyclic) bond motifs is 12. The van der Waals surface area contributed by atoms with Crippen LogP contribution in [0.4, 0.5) is 0 Å². The summed E-state index contributed by atoms with van der Waals surface area (Å²) in [6, 6.07) is 72.1. The number of nitrogens with zero attached hydrogens (tertiary/aromatic N) is 2. The monoisotopic (exact) mass is 772 g/mol. The van der Waals surface area contributed by atoms with Gasteiger partial charge in [0.2, 0.25) is 0 Å². The molecule has 0 fully saturated rings. The van der Waals surface area contributed by atoms with Crippen LogP contribution in [0.15, 0.2) is 194 Å². The molecule has 9 aromatic carbocycles. The first-order chi connectivity index (χ1) is 28.7. The molecule has 58 heavy (non-hydrogen) atoms. The number of thiophene rings is 2. The third-order valence-corrected chi connectivity index (χ3v) is 14.4. The number of benzene rings is 9. The first-order valence-electron chi connectivity index (χ1n) is 19.7. The summed E-state index contributed by atoms with van der Waals surface area (Å²) in [5, 5.41) is 10.2. The summed E-state index contributed by atoms with van der Waals surface area (Å²) < 4.78 is 10.2. The molecule has 0 bridgehead atoms. The minimum Gasteiger partial charge on any atom is -0.309 e. The molecule has 4 aromatic heterocycles. The minimum atomic E-state index is 1.18. The standard InChI is InChI=1S/C54H32N2S2/c1-2-12-33(13-3-1)43-32-50-44(38-15-5-9-19-48(38)56(50)36-24-27-54-46(30-36)41-17-7-11-21-52(41)58-54)31-42(43)34-22-25-39-37-14-4-8-18-47(37)55(49(39)28-34)35-23-26-53-45(29-35)40-16-6-10-20-51(40)57-53/h1-32H. The van der Waals surface area contributed by atoms with Crippen LogP contribution in [0.1, 0.15) is 0 Å². The lowest BCUT2D eigenvalue weighted by molar-refractivity contribution is 1.19. The Kier molecular flexibility index (Phi) is 6.79. The van der Waals surface area contributed by atoms with Crippen LogP contribution in [-0.2, 0) is 0 Å². The Balaban J connectivity index is 1.08. The molecule has 0 spiro atoms. The second-order valence-electron chi connectivity index (χ2n) is 15.3. The van der Waals surface area contributed by atoms with E-state index in [0.29, 0.717) is 0 Å². The molecule has 0 atom stereocenters. The summed E-state index contributed by atoms with van der Waals surface area (Å²) in [5.74, 6) is 0. The first kappa shape index (κ1) is 32.1. The molecule has 2 nitrogen and oxygen atoms in total. The van der Waals surface area contributed by atoms with Crippen molar-refractivity contribution in [2.75, 3.05) is 0 Å². The highest BCUT2D eigenvalue weighted by Gasteiger charge is 2.20. The molecule has 270 valence electrons. The molecule has 0 aliphatic carbocycles. The SMILES string of the molecule is c1ccc(-c2cc3c(cc2-c2ccc4c5ccccc5n(-c5ccc6sc7ccccc7c6c5)c4c2)c2ccccc2n3-c2ccc3sc4ccccc4c3c2)cc1. The molecule has 0 aliphatic heterocycles. The molecule has 4 heteroatoms. The molecular formula is C54H32N2S2. The van der Waals surface area contributed by atoms with Crippen LogP contribution in [0, 0.1) is 0 Å². The molecule has 13 aromatic rings. The lowest BCUT2D eigenvalue weighted by Crippen LogP contribution is -1.95. The van der Waals surface area contributed by atoms with E-state index in [9.17, 15) is 0 Å². The van der Waals surface area contributed by atoms with Gasteiger partial charge in [-0.15, -0.1) is 22.7 Å². The van der Waals surface area contributed by atoms with Crippen molar-refractivity contribution in [3.05, 3.63) is 194 Å². The average Bonchev–Trinajstić information content (AvgIpc) is 4.03. The Labute approximate surface area is 341 Å². The number of aromatic nitrogens is 2. The molecule has 0 amide bonds. The van der Waals surface area contributed by atoms with Crippen LogP contribution in [0.3, 0.4) is 0 Å². The second kappa shape index (κ2) is 12.3. The van der Waals surface area contributed by atoms with E-state index >= 15 is 0 Å². The fourth-order valence-electron chi connectivity index (χ4n) is 9.51. The van der Waals surface area contributed by atoms with Crippen molar-refractivity contribution in [3.8, 4) is 33.6 Å². The van der Waals surface area contributed by atoms with Gasteiger partial charge >= 0.3 is 0 Å². The smallest absolute Gasteiger partial charge is 0.0547 e. The largest absolute Gasteiger partial charge is 0.309 e. The van der Waals surface area contributed by atoms with E-state index in [1.807, 2.05) is 22.7 Å². The lowest BCUT2D eigenvalue weighted by Gasteiger charge is -2.15. The van der Waals surface area contributed by atoms with Crippen molar-refractivity contribution in [3.63, 3.8) is 0 Å². The number of para-hydroxylation sites is 2. The van der Waals surface area contributed by atoms with Crippen LogP contribution >= 0.6 is 22.7 Å². The van der Waals surface area contributed by atoms with Crippen molar-refractivity contribution in [1.82, 2.24) is 9.13 Å². The van der Waals surface area contributed by atoms with E-state index in [1.54, 1.807) is 0 Å². The van der Waals surface area contributed by atoms with Gasteiger partial charge in [-0.05, 0) is 101 Å². The molecule has 0 radical (unpaired) electrons. The Morgan fingerprint density at radius 1 is 0.259 bits per heavy atom. The highest BCUT2D eigenvalue weighted by molar-refractivity contribution is 7.26. The third kappa shape index (κ3) is 4.64. The third-order valence-electron chi connectivity index (χ3n) is 12.1. The Morgan fingerprint density at radius 3 is 1.34 bits per heavy atom. The summed E-state index contributed by atoms with van der Waals surface area (Å²) >= 11 is 3.73. The lowest BCUT2D eigenvalue weighted by atomic mass is 9.92. The Hall–Kier alpha value is -6.98. The Morgan fingerprint density at radius 2 is 0.724 bits per heavy atom. The van der Waals surface area contributed by atoms with Crippen molar-refractivity contribution < 1.29 is 0 Å². The quantitative estimate of drug-likeness (QED) is 0.169. The van der Waals surface area contributed by atoms with Crippen LogP contribution in [0.2, 0.25) is 0 Å². The van der Waals surface area contributed by atoms with Gasteiger partial charge in [-0.3, -0.25) is 0 Å². The average molecular weight is 773 g/mol. The molecule has 0 unspecified atom stereocenters. The van der Waals surface area contributed by atoms with Gasteiger partial charge in [0, 0.05) is 73.3 Å². The van der Waals surface area contributed by atoms with Crippen molar-refractivity contribution in [2.24, 2.45) is 0 Å². The highest BCUT2D eigenvalue weighted by atomic mass is 32.1. The summed E-state index contributed by atoms with van der Waals surface area (Å²) in [7, 11) is 0. The van der Waals surface area contributed by atoms with E-state index < -0.39 is 0 Å². The number of hydrogen-bond donors (Lipinski definition) is 0. The molecule has 0 N–H and O–H groups in total. The van der Waals surface area contributed by atoms with E-state index in [-0.39, 0.29) is 0 Å². The van der Waals surface area contributed by atoms with Gasteiger partial charge in [0.25, 0.3) is 0 Å². The van der Waals surface area contributed by atoms with Gasteiger partial charge in [-0.2, -0.15) is 0 Å². The van der Waals surface area contributed by atoms with Crippen molar-refractivity contribution in [1.29, 1.82) is 0 Å². The summed E-state index contributed by atoms with van der Waals surface area (Å²) in [5.41, 5.74) is 12.0. The summed E-state index contributed by atoms with van der Waals surface area (Å²) in [6.07, 6.45) is 0. The molecule has 0 saturated heterocycles. The zero-order valence-electron chi connectivity index (χ0n) is 31.2. The van der Waals surface area contributed by atoms with Gasteiger partial charge < -0.3 is 9.13 Å². The topological polar surface area (TPSA) is 9.86 Å². The molecular weight excluding hydrogens is 741 g/mol. The predicted molar refractivity (Wildman–Crippen MR) is 252 cm³/mol. The van der Waals surface area contributed by atoms with E-state index in [2.05, 4.69) is 203 Å². The first-order valence-corrected chi connectivity index (χ1v) is 21.4. The minimum absolute atomic E-state index is 1.18. The fourth-order valence-corrected chi connectivity index (χ4v) is 11.7. The van der Waals surface area contributed by atoms with Gasteiger partial charge in [0.05, 0.1) is 22.1 Å². The van der Waals surface area contributed by atoms with E-state index in [1.165, 1.54) is 118 Å².